The largest absolute Gasteiger partial charge is 0.493 e. The average molecular weight is 288 g/mol. The molecule has 0 N–H and O–H groups in total. The number of ether oxygens (including phenoxy) is 2. The maximum atomic E-state index is 11.4. The lowest BCUT2D eigenvalue weighted by Crippen LogP contribution is -2.06. The number of nitrogens with zero attached hydrogens (tertiary/aromatic N) is 2. The van der Waals surface area contributed by atoms with Crippen LogP contribution in [0.3, 0.4) is 0 Å². The minimum Gasteiger partial charge on any atom is -0.493 e. The quantitative estimate of drug-likeness (QED) is 0.767. The van der Waals surface area contributed by atoms with Crippen LogP contribution in [0.1, 0.15) is 35.6 Å². The molecule has 0 aliphatic rings. The van der Waals surface area contributed by atoms with E-state index in [-0.39, 0.29) is 5.78 Å². The van der Waals surface area contributed by atoms with Gasteiger partial charge in [0.05, 0.1) is 18.5 Å². The zero-order chi connectivity index (χ0) is 15.4. The van der Waals surface area contributed by atoms with E-state index < -0.39 is 0 Å². The number of Topliss-reactive ketones (excluding diaryl/α,β-unsaturated/α-hetero) is 1. The molecular weight excluding hydrogens is 268 g/mol. The maximum absolute atomic E-state index is 11.4. The van der Waals surface area contributed by atoms with Crippen molar-refractivity contribution >= 4 is 5.78 Å². The Kier molecular flexibility index (Phi) is 4.62. The van der Waals surface area contributed by atoms with Gasteiger partial charge in [-0.3, -0.25) is 9.48 Å². The van der Waals surface area contributed by atoms with Gasteiger partial charge in [0.1, 0.15) is 6.61 Å². The van der Waals surface area contributed by atoms with Crippen LogP contribution in [-0.2, 0) is 13.2 Å². The molecule has 0 unspecified atom stereocenters. The first-order chi connectivity index (χ1) is 10.0. The first-order valence-corrected chi connectivity index (χ1v) is 6.90. The molecule has 0 bridgehead atoms. The second-order valence-electron chi connectivity index (χ2n) is 4.80. The van der Waals surface area contributed by atoms with E-state index in [2.05, 4.69) is 5.10 Å². The van der Waals surface area contributed by atoms with E-state index in [1.54, 1.807) is 25.3 Å². The van der Waals surface area contributed by atoms with Crippen LogP contribution in [0.25, 0.3) is 0 Å². The maximum Gasteiger partial charge on any atom is 0.161 e. The first-order valence-electron chi connectivity index (χ1n) is 6.90. The Morgan fingerprint density at radius 3 is 2.67 bits per heavy atom. The standard InChI is InChI=1S/C16H20N2O3/c1-5-18-14(8-11(2)17-18)10-21-15-7-6-13(12(3)19)9-16(15)20-4/h6-9H,5,10H2,1-4H3. The highest BCUT2D eigenvalue weighted by atomic mass is 16.5. The molecule has 0 aliphatic heterocycles. The second-order valence-corrected chi connectivity index (χ2v) is 4.80. The molecule has 0 amide bonds. The van der Waals surface area contributed by atoms with Crippen LogP contribution in [0, 0.1) is 6.92 Å². The summed E-state index contributed by atoms with van der Waals surface area (Å²) in [5.74, 6) is 1.17. The van der Waals surface area contributed by atoms with Crippen LogP contribution in [0.2, 0.25) is 0 Å². The SMILES string of the molecule is CCn1nc(C)cc1COc1ccc(C(C)=O)cc1OC. The van der Waals surface area contributed by atoms with Crippen LogP contribution in [0.4, 0.5) is 0 Å². The van der Waals surface area contributed by atoms with Gasteiger partial charge in [-0.1, -0.05) is 0 Å². The summed E-state index contributed by atoms with van der Waals surface area (Å²) >= 11 is 0. The molecule has 112 valence electrons. The van der Waals surface area contributed by atoms with Crippen molar-refractivity contribution in [3.63, 3.8) is 0 Å². The lowest BCUT2D eigenvalue weighted by molar-refractivity contribution is 0.101. The van der Waals surface area contributed by atoms with Crippen molar-refractivity contribution in [2.75, 3.05) is 7.11 Å². The zero-order valence-electron chi connectivity index (χ0n) is 12.8. The number of rotatable bonds is 6. The van der Waals surface area contributed by atoms with E-state index in [4.69, 9.17) is 9.47 Å². The third-order valence-electron chi connectivity index (χ3n) is 3.23. The number of benzene rings is 1. The number of methoxy groups -OCH3 is 1. The Labute approximate surface area is 124 Å². The van der Waals surface area contributed by atoms with Gasteiger partial charge in [0.2, 0.25) is 0 Å². The fourth-order valence-electron chi connectivity index (χ4n) is 2.15. The number of hydrogen-bond acceptors (Lipinski definition) is 4. The fraction of sp³-hybridized carbons (Fsp3) is 0.375. The molecule has 0 atom stereocenters. The lowest BCUT2D eigenvalue weighted by Gasteiger charge is -2.12. The molecule has 0 fully saturated rings. The van der Waals surface area contributed by atoms with Gasteiger partial charge in [0.15, 0.2) is 17.3 Å². The number of carbonyl (C=O) groups is 1. The van der Waals surface area contributed by atoms with Gasteiger partial charge >= 0.3 is 0 Å². The van der Waals surface area contributed by atoms with Crippen molar-refractivity contribution in [2.24, 2.45) is 0 Å². The highest BCUT2D eigenvalue weighted by Crippen LogP contribution is 2.29. The highest BCUT2D eigenvalue weighted by Gasteiger charge is 2.10. The Bertz CT molecular complexity index is 647. The van der Waals surface area contributed by atoms with Crippen LogP contribution < -0.4 is 9.47 Å². The molecule has 0 spiro atoms. The molecule has 0 aliphatic carbocycles. The molecule has 5 nitrogen and oxygen atoms in total. The average Bonchev–Trinajstić information content (AvgIpc) is 2.84. The number of aromatic nitrogens is 2. The number of carbonyl (C=O) groups excluding carboxylic acids is 1. The Morgan fingerprint density at radius 1 is 1.29 bits per heavy atom. The molecule has 21 heavy (non-hydrogen) atoms. The van der Waals surface area contributed by atoms with Gasteiger partial charge in [-0.05, 0) is 45.0 Å². The Morgan fingerprint density at radius 2 is 2.05 bits per heavy atom. The molecule has 2 rings (SSSR count). The minimum absolute atomic E-state index is 0.000431. The van der Waals surface area contributed by atoms with Crippen molar-refractivity contribution < 1.29 is 14.3 Å². The van der Waals surface area contributed by atoms with Gasteiger partial charge < -0.3 is 9.47 Å². The summed E-state index contributed by atoms with van der Waals surface area (Å²) in [6.07, 6.45) is 0. The van der Waals surface area contributed by atoms with Gasteiger partial charge in [-0.2, -0.15) is 5.10 Å². The molecule has 0 radical (unpaired) electrons. The van der Waals surface area contributed by atoms with Crippen molar-refractivity contribution in [1.29, 1.82) is 0 Å². The number of aryl methyl sites for hydroxylation is 2. The minimum atomic E-state index is -0.000431. The summed E-state index contributed by atoms with van der Waals surface area (Å²) < 4.78 is 13.0. The summed E-state index contributed by atoms with van der Waals surface area (Å²) in [6.45, 7) is 6.73. The van der Waals surface area contributed by atoms with Crippen molar-refractivity contribution in [3.05, 3.63) is 41.2 Å². The third-order valence-corrected chi connectivity index (χ3v) is 3.23. The third kappa shape index (κ3) is 3.42. The van der Waals surface area contributed by atoms with Gasteiger partial charge in [0, 0.05) is 12.1 Å². The summed E-state index contributed by atoms with van der Waals surface area (Å²) in [5, 5.41) is 4.38. The van der Waals surface area contributed by atoms with E-state index in [0.29, 0.717) is 23.7 Å². The van der Waals surface area contributed by atoms with Crippen molar-refractivity contribution in [2.45, 2.75) is 33.9 Å². The summed E-state index contributed by atoms with van der Waals surface area (Å²) in [7, 11) is 1.56. The van der Waals surface area contributed by atoms with Crippen molar-refractivity contribution in [1.82, 2.24) is 9.78 Å². The van der Waals surface area contributed by atoms with E-state index in [1.165, 1.54) is 6.92 Å². The fourth-order valence-corrected chi connectivity index (χ4v) is 2.15. The molecule has 2 aromatic rings. The molecule has 0 saturated heterocycles. The van der Waals surface area contributed by atoms with Crippen LogP contribution in [0.5, 0.6) is 11.5 Å². The van der Waals surface area contributed by atoms with Gasteiger partial charge in [-0.25, -0.2) is 0 Å². The van der Waals surface area contributed by atoms with E-state index in [0.717, 1.165) is 17.9 Å². The highest BCUT2D eigenvalue weighted by molar-refractivity contribution is 5.94. The monoisotopic (exact) mass is 288 g/mol. The van der Waals surface area contributed by atoms with Crippen LogP contribution >= 0.6 is 0 Å². The normalized spacial score (nSPS) is 10.5. The molecular formula is C16H20N2O3. The predicted molar refractivity (Wildman–Crippen MR) is 80.0 cm³/mol. The van der Waals surface area contributed by atoms with E-state index in [9.17, 15) is 4.79 Å². The topological polar surface area (TPSA) is 53.4 Å². The molecule has 1 aromatic carbocycles. The molecule has 1 aromatic heterocycles. The van der Waals surface area contributed by atoms with Gasteiger partial charge in [-0.15, -0.1) is 0 Å². The predicted octanol–water partition coefficient (Wildman–Crippen LogP) is 3.00. The zero-order valence-corrected chi connectivity index (χ0v) is 12.8. The molecule has 0 saturated carbocycles. The number of hydrogen-bond donors (Lipinski definition) is 0. The van der Waals surface area contributed by atoms with Gasteiger partial charge in [0.25, 0.3) is 0 Å². The Balaban J connectivity index is 2.17. The number of ketones is 1. The summed E-state index contributed by atoms with van der Waals surface area (Å²) in [4.78, 5) is 11.4. The summed E-state index contributed by atoms with van der Waals surface area (Å²) in [6, 6.07) is 7.19. The van der Waals surface area contributed by atoms with Crippen molar-refractivity contribution in [3.8, 4) is 11.5 Å². The smallest absolute Gasteiger partial charge is 0.161 e. The summed E-state index contributed by atoms with van der Waals surface area (Å²) in [5.41, 5.74) is 2.58. The molecule has 5 heteroatoms. The van der Waals surface area contributed by atoms with Crippen LogP contribution in [-0.4, -0.2) is 22.7 Å². The lowest BCUT2D eigenvalue weighted by atomic mass is 10.1. The molecule has 1 heterocycles. The van der Waals surface area contributed by atoms with E-state index in [1.807, 2.05) is 24.6 Å². The Hall–Kier alpha value is -2.30. The van der Waals surface area contributed by atoms with E-state index >= 15 is 0 Å². The second kappa shape index (κ2) is 6.43. The first kappa shape index (κ1) is 15.1. The van der Waals surface area contributed by atoms with Crippen LogP contribution in [0.15, 0.2) is 24.3 Å².